The van der Waals surface area contributed by atoms with Crippen LogP contribution < -0.4 is 5.73 Å². The Bertz CT molecular complexity index is 542. The van der Waals surface area contributed by atoms with Crippen molar-refractivity contribution in [3.63, 3.8) is 0 Å². The van der Waals surface area contributed by atoms with Gasteiger partial charge in [-0.05, 0) is 35.5 Å². The van der Waals surface area contributed by atoms with Crippen molar-refractivity contribution in [2.24, 2.45) is 0 Å². The van der Waals surface area contributed by atoms with Crippen molar-refractivity contribution in [3.8, 4) is 11.4 Å². The average molecular weight is 268 g/mol. The smallest absolute Gasteiger partial charge is 0.182 e. The Kier molecular flexibility index (Phi) is 3.78. The molecule has 0 aliphatic heterocycles. The van der Waals surface area contributed by atoms with Crippen molar-refractivity contribution < 1.29 is 4.74 Å². The van der Waals surface area contributed by atoms with E-state index < -0.39 is 0 Å². The van der Waals surface area contributed by atoms with Crippen LogP contribution >= 0.6 is 11.6 Å². The monoisotopic (exact) mass is 267 g/mol. The predicted octanol–water partition coefficient (Wildman–Crippen LogP) is 1.78. The van der Waals surface area contributed by atoms with Gasteiger partial charge >= 0.3 is 0 Å². The van der Waals surface area contributed by atoms with E-state index in [-0.39, 0.29) is 6.04 Å². The standard InChI is InChI=1S/C11H14ClN5O/c1-7(6-18-2)17-11(14-15-16-17)8-3-4-9(12)10(13)5-8/h3-5,7H,6,13H2,1-2H3. The molecule has 0 fully saturated rings. The number of ether oxygens (including phenoxy) is 1. The number of aromatic nitrogens is 4. The molecule has 0 spiro atoms. The maximum Gasteiger partial charge on any atom is 0.182 e. The summed E-state index contributed by atoms with van der Waals surface area (Å²) in [6.07, 6.45) is 0. The summed E-state index contributed by atoms with van der Waals surface area (Å²) in [4.78, 5) is 0. The van der Waals surface area contributed by atoms with E-state index in [1.165, 1.54) is 0 Å². The Morgan fingerprint density at radius 3 is 2.94 bits per heavy atom. The minimum absolute atomic E-state index is 0.0388. The lowest BCUT2D eigenvalue weighted by Gasteiger charge is -2.12. The van der Waals surface area contributed by atoms with Crippen LogP contribution in [0.3, 0.4) is 0 Å². The fourth-order valence-corrected chi connectivity index (χ4v) is 1.79. The van der Waals surface area contributed by atoms with Gasteiger partial charge in [-0.25, -0.2) is 4.68 Å². The zero-order chi connectivity index (χ0) is 13.1. The number of methoxy groups -OCH3 is 1. The number of hydrogen-bond donors (Lipinski definition) is 1. The van der Waals surface area contributed by atoms with Crippen LogP contribution in [-0.4, -0.2) is 33.9 Å². The van der Waals surface area contributed by atoms with Crippen LogP contribution in [0.5, 0.6) is 0 Å². The largest absolute Gasteiger partial charge is 0.398 e. The third-order valence-corrected chi connectivity index (χ3v) is 2.92. The first-order valence-corrected chi connectivity index (χ1v) is 5.83. The van der Waals surface area contributed by atoms with Crippen LogP contribution in [-0.2, 0) is 4.74 Å². The fourth-order valence-electron chi connectivity index (χ4n) is 1.68. The lowest BCUT2D eigenvalue weighted by molar-refractivity contribution is 0.156. The normalized spacial score (nSPS) is 12.6. The van der Waals surface area contributed by atoms with Gasteiger partial charge in [-0.1, -0.05) is 11.6 Å². The second-order valence-electron chi connectivity index (χ2n) is 3.99. The highest BCUT2D eigenvalue weighted by atomic mass is 35.5. The van der Waals surface area contributed by atoms with E-state index in [4.69, 9.17) is 22.1 Å². The molecule has 2 aromatic rings. The number of benzene rings is 1. The molecule has 7 heteroatoms. The van der Waals surface area contributed by atoms with Crippen LogP contribution in [0, 0.1) is 0 Å². The Labute approximate surface area is 110 Å². The molecular formula is C11H14ClN5O. The van der Waals surface area contributed by atoms with E-state index in [1.807, 2.05) is 13.0 Å². The van der Waals surface area contributed by atoms with Gasteiger partial charge in [-0.3, -0.25) is 0 Å². The molecule has 0 radical (unpaired) electrons. The molecule has 1 atom stereocenters. The molecule has 96 valence electrons. The highest BCUT2D eigenvalue weighted by Crippen LogP contribution is 2.26. The van der Waals surface area contributed by atoms with Gasteiger partial charge in [0.2, 0.25) is 0 Å². The first kappa shape index (κ1) is 12.8. The summed E-state index contributed by atoms with van der Waals surface area (Å²) in [5.74, 6) is 0.642. The summed E-state index contributed by atoms with van der Waals surface area (Å²) < 4.78 is 6.80. The van der Waals surface area contributed by atoms with E-state index in [1.54, 1.807) is 23.9 Å². The van der Waals surface area contributed by atoms with Crippen LogP contribution in [0.1, 0.15) is 13.0 Å². The molecule has 18 heavy (non-hydrogen) atoms. The molecule has 1 aromatic heterocycles. The van der Waals surface area contributed by atoms with Crippen LogP contribution in [0.4, 0.5) is 5.69 Å². The van der Waals surface area contributed by atoms with Crippen molar-refractivity contribution in [1.82, 2.24) is 20.2 Å². The molecule has 1 heterocycles. The number of nitrogens with two attached hydrogens (primary N) is 1. The number of halogens is 1. The van der Waals surface area contributed by atoms with Gasteiger partial charge in [-0.15, -0.1) is 5.10 Å². The molecule has 1 aromatic carbocycles. The molecule has 0 aliphatic rings. The highest BCUT2D eigenvalue weighted by Gasteiger charge is 2.15. The molecule has 0 saturated carbocycles. The zero-order valence-electron chi connectivity index (χ0n) is 10.2. The van der Waals surface area contributed by atoms with Gasteiger partial charge in [0, 0.05) is 12.7 Å². The third-order valence-electron chi connectivity index (χ3n) is 2.57. The van der Waals surface area contributed by atoms with Gasteiger partial charge in [0.05, 0.1) is 23.4 Å². The first-order valence-electron chi connectivity index (χ1n) is 5.45. The number of nitrogen functional groups attached to an aromatic ring is 1. The number of nitrogens with zero attached hydrogens (tertiary/aromatic N) is 4. The summed E-state index contributed by atoms with van der Waals surface area (Å²) in [6, 6.07) is 5.35. The second-order valence-corrected chi connectivity index (χ2v) is 4.39. The van der Waals surface area contributed by atoms with Crippen molar-refractivity contribution >= 4 is 17.3 Å². The minimum Gasteiger partial charge on any atom is -0.398 e. The lowest BCUT2D eigenvalue weighted by Crippen LogP contribution is -2.14. The lowest BCUT2D eigenvalue weighted by atomic mass is 10.2. The molecule has 0 aliphatic carbocycles. The Morgan fingerprint density at radius 1 is 1.50 bits per heavy atom. The van der Waals surface area contributed by atoms with Crippen molar-refractivity contribution in [2.75, 3.05) is 19.5 Å². The number of anilines is 1. The quantitative estimate of drug-likeness (QED) is 0.855. The molecule has 0 amide bonds. The van der Waals surface area contributed by atoms with Crippen LogP contribution in [0.15, 0.2) is 18.2 Å². The maximum absolute atomic E-state index is 5.89. The molecule has 1 unspecified atom stereocenters. The fraction of sp³-hybridized carbons (Fsp3) is 0.364. The average Bonchev–Trinajstić information content (AvgIpc) is 2.82. The van der Waals surface area contributed by atoms with Gasteiger partial charge in [0.1, 0.15) is 0 Å². The van der Waals surface area contributed by atoms with Crippen molar-refractivity contribution in [2.45, 2.75) is 13.0 Å². The van der Waals surface area contributed by atoms with E-state index >= 15 is 0 Å². The summed E-state index contributed by atoms with van der Waals surface area (Å²) in [7, 11) is 1.64. The van der Waals surface area contributed by atoms with Crippen LogP contribution in [0.25, 0.3) is 11.4 Å². The van der Waals surface area contributed by atoms with Gasteiger partial charge in [0.25, 0.3) is 0 Å². The van der Waals surface area contributed by atoms with Crippen LogP contribution in [0.2, 0.25) is 5.02 Å². The third kappa shape index (κ3) is 2.44. The van der Waals surface area contributed by atoms with Gasteiger partial charge < -0.3 is 10.5 Å². The van der Waals surface area contributed by atoms with Gasteiger partial charge in [-0.2, -0.15) is 0 Å². The van der Waals surface area contributed by atoms with Crippen molar-refractivity contribution in [3.05, 3.63) is 23.2 Å². The molecule has 0 bridgehead atoms. The second kappa shape index (κ2) is 5.32. The Hall–Kier alpha value is -1.66. The van der Waals surface area contributed by atoms with E-state index in [0.29, 0.717) is 23.1 Å². The van der Waals surface area contributed by atoms with E-state index in [2.05, 4.69) is 15.5 Å². The number of tetrazole rings is 1. The number of rotatable bonds is 4. The van der Waals surface area contributed by atoms with E-state index in [0.717, 1.165) is 5.56 Å². The Morgan fingerprint density at radius 2 is 2.28 bits per heavy atom. The molecule has 2 N–H and O–H groups in total. The van der Waals surface area contributed by atoms with Crippen molar-refractivity contribution in [1.29, 1.82) is 0 Å². The summed E-state index contributed by atoms with van der Waals surface area (Å²) in [6.45, 7) is 2.50. The predicted molar refractivity (Wildman–Crippen MR) is 69.3 cm³/mol. The topological polar surface area (TPSA) is 78.8 Å². The maximum atomic E-state index is 5.89. The molecular weight excluding hydrogens is 254 g/mol. The first-order chi connectivity index (χ1) is 8.63. The molecule has 6 nitrogen and oxygen atoms in total. The minimum atomic E-state index is 0.0388. The van der Waals surface area contributed by atoms with Gasteiger partial charge in [0.15, 0.2) is 5.82 Å². The zero-order valence-corrected chi connectivity index (χ0v) is 10.9. The highest BCUT2D eigenvalue weighted by molar-refractivity contribution is 6.33. The summed E-state index contributed by atoms with van der Waals surface area (Å²) in [5, 5.41) is 12.2. The van der Waals surface area contributed by atoms with E-state index in [9.17, 15) is 0 Å². The molecule has 2 rings (SSSR count). The molecule has 0 saturated heterocycles. The number of hydrogen-bond acceptors (Lipinski definition) is 5. The SMILES string of the molecule is COCC(C)n1nnnc1-c1ccc(Cl)c(N)c1. The summed E-state index contributed by atoms with van der Waals surface area (Å²) in [5.41, 5.74) is 7.10. The summed E-state index contributed by atoms with van der Waals surface area (Å²) >= 11 is 5.89. The Balaban J connectivity index is 2.39.